The third-order valence-corrected chi connectivity index (χ3v) is 2.98. The highest BCUT2D eigenvalue weighted by Crippen LogP contribution is 2.09. The van der Waals surface area contributed by atoms with E-state index in [-0.39, 0.29) is 12.3 Å². The van der Waals surface area contributed by atoms with E-state index in [4.69, 9.17) is 11.6 Å². The van der Waals surface area contributed by atoms with E-state index >= 15 is 0 Å². The molecule has 1 N–H and O–H groups in total. The molecule has 0 spiro atoms. The second-order valence-corrected chi connectivity index (χ2v) is 4.71. The standard InChI is InChI=1S/C15H14ClN3O/c1-11(13-6-8-17-9-7-13)18-19-15(20)10-12-2-4-14(16)5-3-12/h2-9H,10H2,1H3,(H,19,20)/b18-11-. The fourth-order valence-electron chi connectivity index (χ4n) is 1.63. The Morgan fingerprint density at radius 1 is 1.20 bits per heavy atom. The first kappa shape index (κ1) is 14.2. The number of aromatic nitrogens is 1. The summed E-state index contributed by atoms with van der Waals surface area (Å²) >= 11 is 5.79. The maximum absolute atomic E-state index is 11.8. The van der Waals surface area contributed by atoms with E-state index in [1.165, 1.54) is 0 Å². The predicted octanol–water partition coefficient (Wildman–Crippen LogP) is 2.82. The van der Waals surface area contributed by atoms with Crippen LogP contribution >= 0.6 is 11.6 Å². The van der Waals surface area contributed by atoms with E-state index in [1.54, 1.807) is 24.5 Å². The molecule has 1 aromatic carbocycles. The van der Waals surface area contributed by atoms with Crippen molar-refractivity contribution in [1.29, 1.82) is 0 Å². The van der Waals surface area contributed by atoms with Gasteiger partial charge >= 0.3 is 0 Å². The van der Waals surface area contributed by atoms with Gasteiger partial charge in [0.05, 0.1) is 12.1 Å². The minimum atomic E-state index is -0.166. The molecule has 0 saturated carbocycles. The summed E-state index contributed by atoms with van der Waals surface area (Å²) in [5.41, 5.74) is 5.09. The highest BCUT2D eigenvalue weighted by atomic mass is 35.5. The Hall–Kier alpha value is -2.20. The Morgan fingerprint density at radius 2 is 1.85 bits per heavy atom. The Morgan fingerprint density at radius 3 is 2.50 bits per heavy atom. The molecule has 0 unspecified atom stereocenters. The van der Waals surface area contributed by atoms with Crippen molar-refractivity contribution < 1.29 is 4.79 Å². The lowest BCUT2D eigenvalue weighted by atomic mass is 10.1. The van der Waals surface area contributed by atoms with Crippen molar-refractivity contribution in [2.45, 2.75) is 13.3 Å². The highest BCUT2D eigenvalue weighted by molar-refractivity contribution is 6.30. The number of hydrazone groups is 1. The number of benzene rings is 1. The summed E-state index contributed by atoms with van der Waals surface area (Å²) in [6.07, 6.45) is 3.64. The number of nitrogens with one attached hydrogen (secondary N) is 1. The van der Waals surface area contributed by atoms with Crippen molar-refractivity contribution >= 4 is 23.2 Å². The minimum Gasteiger partial charge on any atom is -0.273 e. The molecule has 2 aromatic rings. The maximum atomic E-state index is 11.8. The molecule has 0 atom stereocenters. The molecule has 0 aliphatic carbocycles. The van der Waals surface area contributed by atoms with Gasteiger partial charge in [0.25, 0.3) is 0 Å². The van der Waals surface area contributed by atoms with Gasteiger partial charge in [-0.15, -0.1) is 0 Å². The monoisotopic (exact) mass is 287 g/mol. The quantitative estimate of drug-likeness (QED) is 0.694. The summed E-state index contributed by atoms with van der Waals surface area (Å²) in [4.78, 5) is 15.7. The first-order valence-corrected chi connectivity index (χ1v) is 6.51. The van der Waals surface area contributed by atoms with Gasteiger partial charge in [0, 0.05) is 23.0 Å². The molecule has 102 valence electrons. The van der Waals surface area contributed by atoms with E-state index < -0.39 is 0 Å². The Kier molecular flexibility index (Phi) is 4.85. The average molecular weight is 288 g/mol. The van der Waals surface area contributed by atoms with Crippen molar-refractivity contribution in [3.05, 3.63) is 64.9 Å². The van der Waals surface area contributed by atoms with Gasteiger partial charge in [-0.25, -0.2) is 5.43 Å². The molecule has 1 heterocycles. The third kappa shape index (κ3) is 4.17. The largest absolute Gasteiger partial charge is 0.273 e. The summed E-state index contributed by atoms with van der Waals surface area (Å²) < 4.78 is 0. The van der Waals surface area contributed by atoms with Gasteiger partial charge in [0.1, 0.15) is 0 Å². The van der Waals surface area contributed by atoms with Gasteiger partial charge in [-0.1, -0.05) is 23.7 Å². The fraction of sp³-hybridized carbons (Fsp3) is 0.133. The lowest BCUT2D eigenvalue weighted by Crippen LogP contribution is -2.21. The number of hydrogen-bond acceptors (Lipinski definition) is 3. The number of nitrogens with zero attached hydrogens (tertiary/aromatic N) is 2. The summed E-state index contributed by atoms with van der Waals surface area (Å²) in [6.45, 7) is 1.83. The van der Waals surface area contributed by atoms with Crippen molar-refractivity contribution in [3.8, 4) is 0 Å². The summed E-state index contributed by atoms with van der Waals surface area (Å²) in [7, 11) is 0. The molecule has 20 heavy (non-hydrogen) atoms. The SMILES string of the molecule is C/C(=N/NC(=O)Cc1ccc(Cl)cc1)c1ccncc1. The summed E-state index contributed by atoms with van der Waals surface area (Å²) in [6, 6.07) is 10.8. The minimum absolute atomic E-state index is 0.166. The number of halogens is 1. The van der Waals surface area contributed by atoms with Gasteiger partial charge in [-0.05, 0) is 36.8 Å². The molecule has 0 bridgehead atoms. The van der Waals surface area contributed by atoms with Crippen LogP contribution in [0.3, 0.4) is 0 Å². The zero-order valence-electron chi connectivity index (χ0n) is 11.0. The average Bonchev–Trinajstić information content (AvgIpc) is 2.48. The number of carbonyl (C=O) groups is 1. The normalized spacial score (nSPS) is 11.2. The van der Waals surface area contributed by atoms with Crippen molar-refractivity contribution in [3.63, 3.8) is 0 Å². The lowest BCUT2D eigenvalue weighted by Gasteiger charge is -2.03. The number of pyridine rings is 1. The number of carbonyl (C=O) groups excluding carboxylic acids is 1. The summed E-state index contributed by atoms with van der Waals surface area (Å²) in [5, 5.41) is 4.72. The maximum Gasteiger partial charge on any atom is 0.244 e. The van der Waals surface area contributed by atoms with Crippen LogP contribution in [-0.4, -0.2) is 16.6 Å². The van der Waals surface area contributed by atoms with Crippen LogP contribution in [0.2, 0.25) is 5.02 Å². The van der Waals surface area contributed by atoms with Crippen LogP contribution in [0.1, 0.15) is 18.1 Å². The van der Waals surface area contributed by atoms with Crippen molar-refractivity contribution in [2.24, 2.45) is 5.10 Å². The molecule has 0 saturated heterocycles. The molecule has 1 amide bonds. The Balaban J connectivity index is 1.93. The van der Waals surface area contributed by atoms with Gasteiger partial charge in [0.15, 0.2) is 0 Å². The molecule has 0 fully saturated rings. The van der Waals surface area contributed by atoms with E-state index in [0.717, 1.165) is 16.8 Å². The summed E-state index contributed by atoms with van der Waals surface area (Å²) in [5.74, 6) is -0.166. The first-order valence-electron chi connectivity index (χ1n) is 6.13. The predicted molar refractivity (Wildman–Crippen MR) is 79.7 cm³/mol. The number of hydrogen-bond donors (Lipinski definition) is 1. The van der Waals surface area contributed by atoms with Crippen LogP contribution in [0.5, 0.6) is 0 Å². The van der Waals surface area contributed by atoms with Crippen LogP contribution in [0.4, 0.5) is 0 Å². The zero-order chi connectivity index (χ0) is 14.4. The fourth-order valence-corrected chi connectivity index (χ4v) is 1.76. The first-order chi connectivity index (χ1) is 9.65. The number of amides is 1. The molecule has 0 aliphatic rings. The van der Waals surface area contributed by atoms with Crippen LogP contribution in [0, 0.1) is 0 Å². The van der Waals surface area contributed by atoms with Gasteiger partial charge in [-0.2, -0.15) is 5.10 Å². The van der Waals surface area contributed by atoms with E-state index in [2.05, 4.69) is 15.5 Å². The van der Waals surface area contributed by atoms with Crippen LogP contribution < -0.4 is 5.43 Å². The Bertz CT molecular complexity index is 609. The van der Waals surface area contributed by atoms with Crippen LogP contribution in [0.25, 0.3) is 0 Å². The molecular weight excluding hydrogens is 274 g/mol. The van der Waals surface area contributed by atoms with E-state index in [1.807, 2.05) is 31.2 Å². The van der Waals surface area contributed by atoms with Gasteiger partial charge < -0.3 is 0 Å². The second-order valence-electron chi connectivity index (χ2n) is 4.27. The molecular formula is C15H14ClN3O. The third-order valence-electron chi connectivity index (χ3n) is 2.72. The highest BCUT2D eigenvalue weighted by Gasteiger charge is 2.03. The molecule has 0 radical (unpaired) electrons. The lowest BCUT2D eigenvalue weighted by molar-refractivity contribution is -0.120. The van der Waals surface area contributed by atoms with Gasteiger partial charge in [0.2, 0.25) is 5.91 Å². The smallest absolute Gasteiger partial charge is 0.244 e. The van der Waals surface area contributed by atoms with Crippen molar-refractivity contribution in [2.75, 3.05) is 0 Å². The van der Waals surface area contributed by atoms with Gasteiger partial charge in [-0.3, -0.25) is 9.78 Å². The van der Waals surface area contributed by atoms with E-state index in [0.29, 0.717) is 5.02 Å². The molecule has 0 aliphatic heterocycles. The number of rotatable bonds is 4. The molecule has 5 heteroatoms. The molecule has 1 aromatic heterocycles. The second kappa shape index (κ2) is 6.82. The topological polar surface area (TPSA) is 54.4 Å². The zero-order valence-corrected chi connectivity index (χ0v) is 11.8. The Labute approximate surface area is 122 Å². The van der Waals surface area contributed by atoms with E-state index in [9.17, 15) is 4.79 Å². The molecule has 2 rings (SSSR count). The van der Waals surface area contributed by atoms with Crippen molar-refractivity contribution in [1.82, 2.24) is 10.4 Å². The molecule has 4 nitrogen and oxygen atoms in total. The van der Waals surface area contributed by atoms with Crippen LogP contribution in [0.15, 0.2) is 53.9 Å². The van der Waals surface area contributed by atoms with Crippen LogP contribution in [-0.2, 0) is 11.2 Å².